The molecule has 9 heteroatoms. The summed E-state index contributed by atoms with van der Waals surface area (Å²) in [7, 11) is 0. The first-order valence-corrected chi connectivity index (χ1v) is 8.10. The molecule has 136 valence electrons. The van der Waals surface area contributed by atoms with Gasteiger partial charge in [0.25, 0.3) is 0 Å². The van der Waals surface area contributed by atoms with Crippen LogP contribution in [-0.2, 0) is 12.6 Å². The van der Waals surface area contributed by atoms with E-state index in [4.69, 9.17) is 0 Å². The van der Waals surface area contributed by atoms with Crippen molar-refractivity contribution in [1.82, 2.24) is 14.9 Å². The van der Waals surface area contributed by atoms with Gasteiger partial charge in [-0.15, -0.1) is 0 Å². The molecule has 2 bridgehead atoms. The zero-order chi connectivity index (χ0) is 18.5. The molecule has 1 N–H and O–H groups in total. The predicted octanol–water partition coefficient (Wildman–Crippen LogP) is 3.93. The number of urea groups is 1. The number of hydrogen-bond donors (Lipinski definition) is 1. The van der Waals surface area contributed by atoms with E-state index in [9.17, 15) is 22.4 Å². The topological polar surface area (TPSA) is 58.1 Å². The van der Waals surface area contributed by atoms with Gasteiger partial charge in [0, 0.05) is 24.0 Å². The van der Waals surface area contributed by atoms with E-state index in [1.165, 1.54) is 6.20 Å². The first-order valence-electron chi connectivity index (χ1n) is 8.10. The van der Waals surface area contributed by atoms with E-state index < -0.39 is 23.7 Å². The Morgan fingerprint density at radius 1 is 1.19 bits per heavy atom. The van der Waals surface area contributed by atoms with Gasteiger partial charge in [0.2, 0.25) is 5.95 Å². The molecule has 0 spiro atoms. The van der Waals surface area contributed by atoms with Gasteiger partial charge in [-0.25, -0.2) is 14.8 Å². The van der Waals surface area contributed by atoms with E-state index in [2.05, 4.69) is 15.3 Å². The van der Waals surface area contributed by atoms with Gasteiger partial charge in [-0.2, -0.15) is 17.6 Å². The summed E-state index contributed by atoms with van der Waals surface area (Å²) in [5.41, 5.74) is 0.393. The van der Waals surface area contributed by atoms with Crippen molar-refractivity contribution >= 4 is 11.8 Å². The fourth-order valence-electron chi connectivity index (χ4n) is 3.74. The summed E-state index contributed by atoms with van der Waals surface area (Å²) in [5.74, 6) is -0.474. The van der Waals surface area contributed by atoms with Crippen molar-refractivity contribution in [3.8, 4) is 0 Å². The number of aromatic nitrogens is 2. The minimum atomic E-state index is -4.48. The van der Waals surface area contributed by atoms with Gasteiger partial charge in [0.1, 0.15) is 5.82 Å². The van der Waals surface area contributed by atoms with Crippen LogP contribution in [-0.4, -0.2) is 26.9 Å². The maximum Gasteiger partial charge on any atom is 0.417 e. The lowest BCUT2D eigenvalue weighted by atomic mass is 9.95. The molecule has 0 radical (unpaired) electrons. The number of nitrogens with one attached hydrogen (secondary N) is 1. The van der Waals surface area contributed by atoms with Crippen molar-refractivity contribution < 1.29 is 22.4 Å². The molecule has 0 aliphatic carbocycles. The molecule has 0 saturated carbocycles. The van der Waals surface area contributed by atoms with Crippen LogP contribution in [0.2, 0.25) is 0 Å². The second kappa shape index (κ2) is 5.93. The fourth-order valence-corrected chi connectivity index (χ4v) is 3.74. The van der Waals surface area contributed by atoms with Crippen molar-refractivity contribution in [2.45, 2.75) is 37.5 Å². The van der Waals surface area contributed by atoms with Gasteiger partial charge < -0.3 is 4.90 Å². The predicted molar refractivity (Wildman–Crippen MR) is 83.8 cm³/mol. The molecule has 2 aliphatic heterocycles. The van der Waals surface area contributed by atoms with Gasteiger partial charge in [0.05, 0.1) is 11.6 Å². The molecular weight excluding hydrogens is 352 g/mol. The number of anilines is 1. The number of amides is 2. The number of carbonyl (C=O) groups is 1. The van der Waals surface area contributed by atoms with Gasteiger partial charge in [-0.05, 0) is 43.0 Å². The maximum atomic E-state index is 13.9. The van der Waals surface area contributed by atoms with E-state index >= 15 is 0 Å². The maximum absolute atomic E-state index is 13.9. The van der Waals surface area contributed by atoms with E-state index in [-0.39, 0.29) is 17.9 Å². The first kappa shape index (κ1) is 16.7. The quantitative estimate of drug-likeness (QED) is 0.615. The third-order valence-corrected chi connectivity index (χ3v) is 4.90. The highest BCUT2D eigenvalue weighted by molar-refractivity contribution is 5.89. The molecule has 2 aromatic rings. The Labute approximate surface area is 146 Å². The van der Waals surface area contributed by atoms with Crippen LogP contribution < -0.4 is 5.32 Å². The van der Waals surface area contributed by atoms with Crippen molar-refractivity contribution in [2.75, 3.05) is 5.32 Å². The number of carbonyl (C=O) groups excluding carboxylic acids is 1. The molecule has 26 heavy (non-hydrogen) atoms. The number of rotatable bonds is 1. The molecule has 0 aromatic carbocycles. The van der Waals surface area contributed by atoms with Crippen LogP contribution in [0, 0.1) is 5.95 Å². The Morgan fingerprint density at radius 2 is 2.00 bits per heavy atom. The van der Waals surface area contributed by atoms with Gasteiger partial charge in [0.15, 0.2) is 0 Å². The summed E-state index contributed by atoms with van der Waals surface area (Å²) in [6, 6.07) is 2.80. The van der Waals surface area contributed by atoms with Crippen molar-refractivity contribution in [1.29, 1.82) is 0 Å². The largest absolute Gasteiger partial charge is 0.417 e. The van der Waals surface area contributed by atoms with Crippen molar-refractivity contribution in [3.05, 3.63) is 53.2 Å². The van der Waals surface area contributed by atoms with Crippen LogP contribution in [0.4, 0.5) is 28.2 Å². The molecule has 2 aliphatic rings. The number of alkyl halides is 3. The Bertz CT molecular complexity index is 853. The number of fused-ring (bicyclic) bond motifs is 4. The molecule has 4 rings (SSSR count). The minimum Gasteiger partial charge on any atom is -0.314 e. The highest BCUT2D eigenvalue weighted by Gasteiger charge is 2.43. The summed E-state index contributed by atoms with van der Waals surface area (Å²) in [5, 5.41) is 2.54. The third kappa shape index (κ3) is 2.77. The Hall–Kier alpha value is -2.71. The Morgan fingerprint density at radius 3 is 2.69 bits per heavy atom. The number of nitrogens with zero attached hydrogens (tertiary/aromatic N) is 3. The number of pyridine rings is 2. The fraction of sp³-hybridized carbons (Fsp3) is 0.353. The van der Waals surface area contributed by atoms with Crippen molar-refractivity contribution in [3.63, 3.8) is 0 Å². The lowest BCUT2D eigenvalue weighted by Gasteiger charge is -2.36. The summed E-state index contributed by atoms with van der Waals surface area (Å²) >= 11 is 0. The second-order valence-electron chi connectivity index (χ2n) is 6.39. The van der Waals surface area contributed by atoms with Gasteiger partial charge >= 0.3 is 12.2 Å². The first-order chi connectivity index (χ1) is 12.3. The lowest BCUT2D eigenvalue weighted by Crippen LogP contribution is -2.44. The van der Waals surface area contributed by atoms with Gasteiger partial charge in [-0.1, -0.05) is 0 Å². The Kier molecular flexibility index (Phi) is 3.82. The smallest absolute Gasteiger partial charge is 0.314 e. The molecular formula is C17H14F4N4O. The zero-order valence-electron chi connectivity index (χ0n) is 13.4. The summed E-state index contributed by atoms with van der Waals surface area (Å²) in [4.78, 5) is 21.6. The second-order valence-corrected chi connectivity index (χ2v) is 6.39. The molecule has 5 nitrogen and oxygen atoms in total. The molecule has 2 atom stereocenters. The molecule has 2 unspecified atom stereocenters. The van der Waals surface area contributed by atoms with Crippen LogP contribution in [0.25, 0.3) is 0 Å². The minimum absolute atomic E-state index is 0.0362. The zero-order valence-corrected chi connectivity index (χ0v) is 13.4. The lowest BCUT2D eigenvalue weighted by molar-refractivity contribution is -0.137. The SMILES string of the molecule is O=C(Nc1ccc(C(F)(F)F)cn1)N1C2CCC1c1ccnc(F)c1C2. The Balaban J connectivity index is 1.54. The summed E-state index contributed by atoms with van der Waals surface area (Å²) < 4.78 is 51.7. The van der Waals surface area contributed by atoms with Crippen molar-refractivity contribution in [2.24, 2.45) is 0 Å². The van der Waals surface area contributed by atoms with Crippen LogP contribution >= 0.6 is 0 Å². The van der Waals surface area contributed by atoms with Crippen LogP contribution in [0.3, 0.4) is 0 Å². The molecule has 1 saturated heterocycles. The van der Waals surface area contributed by atoms with E-state index in [1.807, 2.05) is 0 Å². The molecule has 2 aromatic heterocycles. The number of hydrogen-bond acceptors (Lipinski definition) is 3. The normalized spacial score (nSPS) is 21.5. The van der Waals surface area contributed by atoms with Crippen LogP contribution in [0.15, 0.2) is 30.6 Å². The third-order valence-electron chi connectivity index (χ3n) is 4.90. The standard InChI is InChI=1S/C17H14F4N4O/c18-15-12-7-10-2-3-13(11(12)5-6-22-15)25(10)16(26)24-14-4-1-9(8-23-14)17(19,20)21/h1,4-6,8,10,13H,2-3,7H2,(H,23,24,26). The number of halogens is 4. The van der Waals surface area contributed by atoms with Crippen LogP contribution in [0.5, 0.6) is 0 Å². The van der Waals surface area contributed by atoms with E-state index in [0.29, 0.717) is 24.6 Å². The van der Waals surface area contributed by atoms with Gasteiger partial charge in [-0.3, -0.25) is 5.32 Å². The average molecular weight is 366 g/mol. The summed E-state index contributed by atoms with van der Waals surface area (Å²) in [6.45, 7) is 0. The average Bonchev–Trinajstić information content (AvgIpc) is 2.91. The van der Waals surface area contributed by atoms with Crippen LogP contribution in [0.1, 0.15) is 35.6 Å². The molecule has 1 fully saturated rings. The monoisotopic (exact) mass is 366 g/mol. The summed E-state index contributed by atoms with van der Waals surface area (Å²) in [6.07, 6.45) is -0.624. The van der Waals surface area contributed by atoms with E-state index in [1.54, 1.807) is 11.0 Å². The molecule has 4 heterocycles. The highest BCUT2D eigenvalue weighted by Crippen LogP contribution is 2.44. The van der Waals surface area contributed by atoms with E-state index in [0.717, 1.165) is 24.1 Å². The highest BCUT2D eigenvalue weighted by atomic mass is 19.4. The molecule has 2 amide bonds.